The maximum Gasteiger partial charge on any atom is 0.272 e. The maximum absolute atomic E-state index is 12.8. The fraction of sp³-hybridized carbons (Fsp3) is 0.190. The second-order valence-electron chi connectivity index (χ2n) is 6.44. The Labute approximate surface area is 156 Å². The van der Waals surface area contributed by atoms with Crippen molar-refractivity contribution in [1.29, 1.82) is 0 Å². The van der Waals surface area contributed by atoms with Gasteiger partial charge in [0.2, 0.25) is 0 Å². The van der Waals surface area contributed by atoms with Gasteiger partial charge in [-0.05, 0) is 41.8 Å². The molecule has 1 aliphatic rings. The Bertz CT molecular complexity index is 966. The molecule has 6 nitrogen and oxygen atoms in total. The molecule has 136 valence electrons. The highest BCUT2D eigenvalue weighted by molar-refractivity contribution is 5.98. The number of pyridine rings is 1. The first kappa shape index (κ1) is 17.0. The maximum atomic E-state index is 12.8. The number of amides is 2. The van der Waals surface area contributed by atoms with Gasteiger partial charge in [0.1, 0.15) is 11.5 Å². The Hall–Kier alpha value is -3.41. The van der Waals surface area contributed by atoms with Gasteiger partial charge in [0.05, 0.1) is 12.8 Å². The largest absolute Gasteiger partial charge is 0.467 e. The van der Waals surface area contributed by atoms with Crippen molar-refractivity contribution in [2.24, 2.45) is 0 Å². The summed E-state index contributed by atoms with van der Waals surface area (Å²) in [6, 6.07) is 14.8. The van der Waals surface area contributed by atoms with Crippen molar-refractivity contribution < 1.29 is 14.0 Å². The lowest BCUT2D eigenvalue weighted by Crippen LogP contribution is -2.36. The second-order valence-corrected chi connectivity index (χ2v) is 6.44. The third-order valence-corrected chi connectivity index (χ3v) is 4.66. The summed E-state index contributed by atoms with van der Waals surface area (Å²) in [5.41, 5.74) is 3.11. The molecule has 27 heavy (non-hydrogen) atoms. The SMILES string of the molecule is O=C(NCc1ccco1)c1ccnc(C(=O)N2CCc3ccccc3C2)c1. The van der Waals surface area contributed by atoms with E-state index in [9.17, 15) is 9.59 Å². The summed E-state index contributed by atoms with van der Waals surface area (Å²) in [5.74, 6) is 0.234. The van der Waals surface area contributed by atoms with Crippen molar-refractivity contribution in [2.45, 2.75) is 19.5 Å². The van der Waals surface area contributed by atoms with Gasteiger partial charge in [0, 0.05) is 24.8 Å². The number of hydrogen-bond acceptors (Lipinski definition) is 4. The highest BCUT2D eigenvalue weighted by atomic mass is 16.3. The van der Waals surface area contributed by atoms with Crippen molar-refractivity contribution in [3.05, 3.63) is 89.1 Å². The summed E-state index contributed by atoms with van der Waals surface area (Å²) in [7, 11) is 0. The van der Waals surface area contributed by atoms with Crippen LogP contribution in [0.2, 0.25) is 0 Å². The molecule has 0 radical (unpaired) electrons. The van der Waals surface area contributed by atoms with E-state index in [0.29, 0.717) is 31.0 Å². The van der Waals surface area contributed by atoms with E-state index in [2.05, 4.69) is 16.4 Å². The summed E-state index contributed by atoms with van der Waals surface area (Å²) in [5, 5.41) is 2.77. The molecular weight excluding hydrogens is 342 g/mol. The lowest BCUT2D eigenvalue weighted by molar-refractivity contribution is 0.0728. The number of carbonyl (C=O) groups is 2. The van der Waals surface area contributed by atoms with Crippen LogP contribution in [0.4, 0.5) is 0 Å². The average molecular weight is 361 g/mol. The van der Waals surface area contributed by atoms with E-state index in [1.165, 1.54) is 11.8 Å². The molecule has 2 amide bonds. The van der Waals surface area contributed by atoms with Crippen molar-refractivity contribution in [1.82, 2.24) is 15.2 Å². The molecule has 0 unspecified atom stereocenters. The van der Waals surface area contributed by atoms with Crippen molar-refractivity contribution >= 4 is 11.8 Å². The molecular formula is C21H19N3O3. The third-order valence-electron chi connectivity index (χ3n) is 4.66. The van der Waals surface area contributed by atoms with E-state index >= 15 is 0 Å². The second kappa shape index (κ2) is 7.45. The quantitative estimate of drug-likeness (QED) is 0.775. The number of nitrogens with zero attached hydrogens (tertiary/aromatic N) is 2. The number of fused-ring (bicyclic) bond motifs is 1. The lowest BCUT2D eigenvalue weighted by atomic mass is 9.99. The zero-order chi connectivity index (χ0) is 18.6. The molecule has 4 rings (SSSR count). The lowest BCUT2D eigenvalue weighted by Gasteiger charge is -2.28. The van der Waals surface area contributed by atoms with Crippen molar-refractivity contribution in [3.63, 3.8) is 0 Å². The van der Waals surface area contributed by atoms with Crippen LogP contribution in [0.1, 0.15) is 37.7 Å². The summed E-state index contributed by atoms with van der Waals surface area (Å²) < 4.78 is 5.20. The predicted octanol–water partition coefficient (Wildman–Crippen LogP) is 2.80. The van der Waals surface area contributed by atoms with Gasteiger partial charge in [-0.15, -0.1) is 0 Å². The Morgan fingerprint density at radius 3 is 2.78 bits per heavy atom. The molecule has 1 aliphatic heterocycles. The van der Waals surface area contributed by atoms with Crippen LogP contribution in [-0.4, -0.2) is 28.2 Å². The molecule has 3 heterocycles. The molecule has 0 bridgehead atoms. The number of nitrogens with one attached hydrogen (secondary N) is 1. The molecule has 1 aromatic carbocycles. The number of rotatable bonds is 4. The molecule has 6 heteroatoms. The van der Waals surface area contributed by atoms with E-state index < -0.39 is 0 Å². The van der Waals surface area contributed by atoms with Crippen LogP contribution in [0.5, 0.6) is 0 Å². The third kappa shape index (κ3) is 3.74. The van der Waals surface area contributed by atoms with Gasteiger partial charge >= 0.3 is 0 Å². The van der Waals surface area contributed by atoms with E-state index in [0.717, 1.165) is 12.0 Å². The summed E-state index contributed by atoms with van der Waals surface area (Å²) in [4.78, 5) is 31.1. The molecule has 0 aliphatic carbocycles. The standard InChI is InChI=1S/C21H19N3O3/c25-20(23-13-18-6-3-11-27-18)16-7-9-22-19(12-16)21(26)24-10-8-15-4-1-2-5-17(15)14-24/h1-7,9,11-12H,8,10,13-14H2,(H,23,25). The highest BCUT2D eigenvalue weighted by Crippen LogP contribution is 2.20. The minimum Gasteiger partial charge on any atom is -0.467 e. The fourth-order valence-electron chi connectivity index (χ4n) is 3.20. The van der Waals surface area contributed by atoms with Crippen molar-refractivity contribution in [2.75, 3.05) is 6.54 Å². The van der Waals surface area contributed by atoms with E-state index in [1.807, 2.05) is 18.2 Å². The topological polar surface area (TPSA) is 75.4 Å². The average Bonchev–Trinajstić information content (AvgIpc) is 3.25. The zero-order valence-corrected chi connectivity index (χ0v) is 14.7. The minimum atomic E-state index is -0.271. The number of carbonyl (C=O) groups excluding carboxylic acids is 2. The molecule has 2 aromatic heterocycles. The highest BCUT2D eigenvalue weighted by Gasteiger charge is 2.23. The first-order valence-electron chi connectivity index (χ1n) is 8.83. The van der Waals surface area contributed by atoms with Crippen LogP contribution in [0.25, 0.3) is 0 Å². The Morgan fingerprint density at radius 2 is 1.96 bits per heavy atom. The molecule has 0 saturated heterocycles. The first-order valence-corrected chi connectivity index (χ1v) is 8.83. The summed E-state index contributed by atoms with van der Waals surface area (Å²) in [6.45, 7) is 1.50. The molecule has 0 fully saturated rings. The zero-order valence-electron chi connectivity index (χ0n) is 14.7. The van der Waals surface area contributed by atoms with Crippen molar-refractivity contribution in [3.8, 4) is 0 Å². The van der Waals surface area contributed by atoms with Gasteiger partial charge in [-0.1, -0.05) is 24.3 Å². The van der Waals surface area contributed by atoms with Gasteiger partial charge in [0.15, 0.2) is 0 Å². The molecule has 0 saturated carbocycles. The van der Waals surface area contributed by atoms with Crippen LogP contribution < -0.4 is 5.32 Å². The van der Waals surface area contributed by atoms with Crippen LogP contribution in [0, 0.1) is 0 Å². The van der Waals surface area contributed by atoms with Gasteiger partial charge in [-0.3, -0.25) is 14.6 Å². The van der Waals surface area contributed by atoms with Gasteiger partial charge in [-0.2, -0.15) is 0 Å². The van der Waals surface area contributed by atoms with Crippen LogP contribution >= 0.6 is 0 Å². The first-order chi connectivity index (χ1) is 13.2. The fourth-order valence-corrected chi connectivity index (χ4v) is 3.20. The Kier molecular flexibility index (Phi) is 4.70. The number of hydrogen-bond donors (Lipinski definition) is 1. The van der Waals surface area contributed by atoms with Crippen LogP contribution in [0.3, 0.4) is 0 Å². The molecule has 3 aromatic rings. The predicted molar refractivity (Wildman–Crippen MR) is 99.0 cm³/mol. The van der Waals surface area contributed by atoms with Crippen LogP contribution in [-0.2, 0) is 19.5 Å². The summed E-state index contributed by atoms with van der Waals surface area (Å²) >= 11 is 0. The molecule has 0 atom stereocenters. The smallest absolute Gasteiger partial charge is 0.272 e. The van der Waals surface area contributed by atoms with Gasteiger partial charge in [-0.25, -0.2) is 0 Å². The van der Waals surface area contributed by atoms with E-state index in [4.69, 9.17) is 4.42 Å². The number of furan rings is 1. The minimum absolute atomic E-state index is 0.162. The van der Waals surface area contributed by atoms with Crippen LogP contribution in [0.15, 0.2) is 65.4 Å². The monoisotopic (exact) mass is 361 g/mol. The van der Waals surface area contributed by atoms with Gasteiger partial charge < -0.3 is 14.6 Å². The molecule has 1 N–H and O–H groups in total. The van der Waals surface area contributed by atoms with E-state index in [1.54, 1.807) is 35.4 Å². The summed E-state index contributed by atoms with van der Waals surface area (Å²) in [6.07, 6.45) is 3.87. The number of aromatic nitrogens is 1. The number of benzene rings is 1. The Morgan fingerprint density at radius 1 is 1.11 bits per heavy atom. The van der Waals surface area contributed by atoms with Gasteiger partial charge in [0.25, 0.3) is 11.8 Å². The normalized spacial score (nSPS) is 13.1. The Balaban J connectivity index is 1.45. The van der Waals surface area contributed by atoms with E-state index in [-0.39, 0.29) is 17.5 Å². The molecule has 0 spiro atoms.